The van der Waals surface area contributed by atoms with E-state index in [1.807, 2.05) is 18.2 Å². The second kappa shape index (κ2) is 6.42. The van der Waals surface area contributed by atoms with Crippen LogP contribution in [0.5, 0.6) is 0 Å². The molecule has 2 N–H and O–H groups in total. The van der Waals surface area contributed by atoms with Crippen molar-refractivity contribution in [1.82, 2.24) is 0 Å². The van der Waals surface area contributed by atoms with Gasteiger partial charge in [-0.25, -0.2) is 8.42 Å². The normalized spacial score (nSPS) is 11.8. The van der Waals surface area contributed by atoms with Crippen molar-refractivity contribution in [3.05, 3.63) is 60.2 Å². The van der Waals surface area contributed by atoms with Gasteiger partial charge in [0, 0.05) is 5.69 Å². The molecule has 0 saturated carbocycles. The molecule has 0 aliphatic carbocycles. The van der Waals surface area contributed by atoms with Gasteiger partial charge in [-0.1, -0.05) is 30.3 Å². The Morgan fingerprint density at radius 2 is 1.48 bits per heavy atom. The van der Waals surface area contributed by atoms with E-state index in [9.17, 15) is 13.2 Å². The van der Waals surface area contributed by atoms with Crippen LogP contribution in [-0.2, 0) is 10.0 Å². The maximum atomic E-state index is 12.4. The third-order valence-corrected chi connectivity index (χ3v) is 5.35. The molecule has 0 heterocycles. The molecule has 0 aliphatic rings. The van der Waals surface area contributed by atoms with E-state index >= 15 is 0 Å². The summed E-state index contributed by atoms with van der Waals surface area (Å²) >= 11 is 0. The van der Waals surface area contributed by atoms with Crippen molar-refractivity contribution in [2.24, 2.45) is 0 Å². The smallest absolute Gasteiger partial charge is 0.257 e. The number of nitrogens with one attached hydrogen (secondary N) is 2. The average Bonchev–Trinajstić information content (AvgIpc) is 2.47. The number of sulfonamides is 1. The number of amides is 1. The van der Waals surface area contributed by atoms with Gasteiger partial charge in [0.2, 0.25) is 10.0 Å². The van der Waals surface area contributed by atoms with Crippen LogP contribution in [-0.4, -0.2) is 19.1 Å². The molecule has 122 valence electrons. The Balaban J connectivity index is 2.29. The lowest BCUT2D eigenvalue weighted by Gasteiger charge is -2.21. The monoisotopic (exact) mass is 332 g/mol. The van der Waals surface area contributed by atoms with E-state index in [2.05, 4.69) is 10.0 Å². The predicted molar refractivity (Wildman–Crippen MR) is 93.1 cm³/mol. The zero-order chi connectivity index (χ0) is 17.1. The van der Waals surface area contributed by atoms with Crippen LogP contribution in [0.3, 0.4) is 0 Å². The summed E-state index contributed by atoms with van der Waals surface area (Å²) in [5.74, 6) is -0.372. The van der Waals surface area contributed by atoms with E-state index in [1.165, 1.54) is 0 Å². The van der Waals surface area contributed by atoms with Gasteiger partial charge in [-0.15, -0.1) is 0 Å². The van der Waals surface area contributed by atoms with E-state index in [0.29, 0.717) is 5.69 Å². The van der Waals surface area contributed by atoms with Crippen molar-refractivity contribution in [2.45, 2.75) is 25.5 Å². The van der Waals surface area contributed by atoms with Gasteiger partial charge in [0.25, 0.3) is 5.91 Å². The first-order chi connectivity index (χ1) is 10.7. The standard InChI is InChI=1S/C17H20N2O3S/c1-17(2,3)23(21,22)19-15-12-8-7-11-14(15)16(20)18-13-9-5-4-6-10-13/h4-12,19H,1-3H3,(H,18,20). The van der Waals surface area contributed by atoms with Crippen LogP contribution in [0.15, 0.2) is 54.6 Å². The topological polar surface area (TPSA) is 75.3 Å². The van der Waals surface area contributed by atoms with Crippen molar-refractivity contribution in [3.8, 4) is 0 Å². The summed E-state index contributed by atoms with van der Waals surface area (Å²) in [6.07, 6.45) is 0. The highest BCUT2D eigenvalue weighted by atomic mass is 32.2. The summed E-state index contributed by atoms with van der Waals surface area (Å²) < 4.78 is 26.2. The van der Waals surface area contributed by atoms with Crippen LogP contribution < -0.4 is 10.0 Å². The van der Waals surface area contributed by atoms with Crippen LogP contribution >= 0.6 is 0 Å². The van der Waals surface area contributed by atoms with E-state index in [1.54, 1.807) is 57.2 Å². The molecule has 0 fully saturated rings. The van der Waals surface area contributed by atoms with Crippen LogP contribution in [0.2, 0.25) is 0 Å². The molecule has 2 aromatic carbocycles. The zero-order valence-electron chi connectivity index (χ0n) is 13.3. The Hall–Kier alpha value is -2.34. The minimum absolute atomic E-state index is 0.260. The van der Waals surface area contributed by atoms with Crippen LogP contribution in [0.25, 0.3) is 0 Å². The van der Waals surface area contributed by atoms with Crippen molar-refractivity contribution in [3.63, 3.8) is 0 Å². The predicted octanol–water partition coefficient (Wildman–Crippen LogP) is 3.48. The molecule has 6 heteroatoms. The Morgan fingerprint density at radius 3 is 2.09 bits per heavy atom. The number of rotatable bonds is 4. The van der Waals surface area contributed by atoms with E-state index in [0.717, 1.165) is 0 Å². The van der Waals surface area contributed by atoms with E-state index < -0.39 is 14.8 Å². The molecule has 0 radical (unpaired) electrons. The van der Waals surface area contributed by atoms with E-state index in [-0.39, 0.29) is 17.2 Å². The molecule has 0 aliphatic heterocycles. The molecule has 0 unspecified atom stereocenters. The fourth-order valence-electron chi connectivity index (χ4n) is 1.79. The number of carbonyl (C=O) groups excluding carboxylic acids is 1. The first-order valence-electron chi connectivity index (χ1n) is 7.18. The zero-order valence-corrected chi connectivity index (χ0v) is 14.1. The number of benzene rings is 2. The van der Waals surface area contributed by atoms with Gasteiger partial charge in [0.05, 0.1) is 16.0 Å². The molecule has 2 rings (SSSR count). The fraction of sp³-hybridized carbons (Fsp3) is 0.235. The van der Waals surface area contributed by atoms with E-state index in [4.69, 9.17) is 0 Å². The minimum atomic E-state index is -3.61. The molecule has 0 atom stereocenters. The third-order valence-electron chi connectivity index (χ3n) is 3.25. The Morgan fingerprint density at radius 1 is 0.913 bits per heavy atom. The summed E-state index contributed by atoms with van der Waals surface area (Å²) in [5, 5.41) is 2.75. The fourth-order valence-corrected chi connectivity index (χ4v) is 2.56. The first kappa shape index (κ1) is 17.0. The van der Waals surface area contributed by atoms with Crippen LogP contribution in [0, 0.1) is 0 Å². The van der Waals surface area contributed by atoms with Crippen LogP contribution in [0.1, 0.15) is 31.1 Å². The Kier molecular flexibility index (Phi) is 4.75. The maximum absolute atomic E-state index is 12.4. The lowest BCUT2D eigenvalue weighted by molar-refractivity contribution is 0.102. The number of anilines is 2. The highest BCUT2D eigenvalue weighted by Crippen LogP contribution is 2.23. The van der Waals surface area contributed by atoms with Gasteiger partial charge >= 0.3 is 0 Å². The molecular weight excluding hydrogens is 312 g/mol. The second-order valence-corrected chi connectivity index (χ2v) is 8.52. The summed E-state index contributed by atoms with van der Waals surface area (Å²) in [4.78, 5) is 12.4. The molecule has 2 aromatic rings. The number of carbonyl (C=O) groups is 1. The molecule has 1 amide bonds. The number of hydrogen-bond donors (Lipinski definition) is 2. The van der Waals surface area contributed by atoms with Crippen molar-refractivity contribution in [1.29, 1.82) is 0 Å². The second-order valence-electron chi connectivity index (χ2n) is 6.08. The largest absolute Gasteiger partial charge is 0.322 e. The van der Waals surface area contributed by atoms with Crippen molar-refractivity contribution in [2.75, 3.05) is 10.0 Å². The van der Waals surface area contributed by atoms with Gasteiger partial charge < -0.3 is 5.32 Å². The van der Waals surface area contributed by atoms with Gasteiger partial charge in [-0.2, -0.15) is 0 Å². The van der Waals surface area contributed by atoms with Crippen molar-refractivity contribution < 1.29 is 13.2 Å². The van der Waals surface area contributed by atoms with Gasteiger partial charge in [0.1, 0.15) is 0 Å². The van der Waals surface area contributed by atoms with Crippen molar-refractivity contribution >= 4 is 27.3 Å². The first-order valence-corrected chi connectivity index (χ1v) is 8.67. The highest BCUT2D eigenvalue weighted by molar-refractivity contribution is 7.94. The lowest BCUT2D eigenvalue weighted by Crippen LogP contribution is -2.34. The molecule has 0 saturated heterocycles. The number of para-hydroxylation sites is 2. The maximum Gasteiger partial charge on any atom is 0.257 e. The Labute approximate surface area is 136 Å². The third kappa shape index (κ3) is 4.10. The summed E-state index contributed by atoms with van der Waals surface area (Å²) in [5.41, 5.74) is 1.17. The Bertz CT molecular complexity index is 794. The van der Waals surface area contributed by atoms with Gasteiger partial charge in [-0.05, 0) is 45.0 Å². The van der Waals surface area contributed by atoms with Gasteiger partial charge in [-0.3, -0.25) is 9.52 Å². The SMILES string of the molecule is CC(C)(C)S(=O)(=O)Nc1ccccc1C(=O)Nc1ccccc1. The summed E-state index contributed by atoms with van der Waals surface area (Å²) in [6, 6.07) is 15.5. The summed E-state index contributed by atoms with van der Waals surface area (Å²) in [7, 11) is -3.61. The quantitative estimate of drug-likeness (QED) is 0.900. The van der Waals surface area contributed by atoms with Gasteiger partial charge in [0.15, 0.2) is 0 Å². The minimum Gasteiger partial charge on any atom is -0.322 e. The lowest BCUT2D eigenvalue weighted by atomic mass is 10.1. The molecule has 5 nitrogen and oxygen atoms in total. The average molecular weight is 332 g/mol. The molecule has 0 spiro atoms. The summed E-state index contributed by atoms with van der Waals surface area (Å²) in [6.45, 7) is 4.80. The molecule has 0 aromatic heterocycles. The molecular formula is C17H20N2O3S. The highest BCUT2D eigenvalue weighted by Gasteiger charge is 2.30. The number of hydrogen-bond acceptors (Lipinski definition) is 3. The van der Waals surface area contributed by atoms with Crippen LogP contribution in [0.4, 0.5) is 11.4 Å². The molecule has 23 heavy (non-hydrogen) atoms. The molecule has 0 bridgehead atoms.